The van der Waals surface area contributed by atoms with Crippen LogP contribution < -0.4 is 4.74 Å². The number of halogens is 1. The minimum Gasteiger partial charge on any atom is -0.496 e. The zero-order valence-corrected chi connectivity index (χ0v) is 10.8. The molecule has 1 aromatic rings. The second kappa shape index (κ2) is 5.25. The Morgan fingerprint density at radius 2 is 2.06 bits per heavy atom. The first-order chi connectivity index (χ1) is 8.17. The van der Waals surface area contributed by atoms with Crippen molar-refractivity contribution in [3.8, 4) is 5.75 Å². The molecule has 0 aromatic heterocycles. The number of hydrogen-bond acceptors (Lipinski definition) is 3. The fourth-order valence-corrected chi connectivity index (χ4v) is 2.30. The van der Waals surface area contributed by atoms with Crippen LogP contribution >= 0.6 is 11.6 Å². The Morgan fingerprint density at radius 1 is 1.35 bits per heavy atom. The Balaban J connectivity index is 2.27. The van der Waals surface area contributed by atoms with Crippen LogP contribution in [0.1, 0.15) is 24.5 Å². The van der Waals surface area contributed by atoms with Gasteiger partial charge in [0.15, 0.2) is 0 Å². The Labute approximate surface area is 106 Å². The molecular formula is C13H17ClO3. The van der Waals surface area contributed by atoms with Crippen LogP contribution in [-0.2, 0) is 4.74 Å². The monoisotopic (exact) mass is 256 g/mol. The normalized spacial score (nSPS) is 18.8. The topological polar surface area (TPSA) is 38.7 Å². The van der Waals surface area contributed by atoms with Gasteiger partial charge in [-0.2, -0.15) is 0 Å². The lowest BCUT2D eigenvalue weighted by Gasteiger charge is -2.23. The van der Waals surface area contributed by atoms with E-state index >= 15 is 0 Å². The van der Waals surface area contributed by atoms with Gasteiger partial charge in [0.25, 0.3) is 0 Å². The molecule has 0 saturated heterocycles. The summed E-state index contributed by atoms with van der Waals surface area (Å²) in [6.45, 7) is 0. The van der Waals surface area contributed by atoms with Crippen molar-refractivity contribution in [1.29, 1.82) is 0 Å². The molecular weight excluding hydrogens is 240 g/mol. The fourth-order valence-electron chi connectivity index (χ4n) is 2.12. The van der Waals surface area contributed by atoms with Gasteiger partial charge in [-0.1, -0.05) is 11.6 Å². The van der Waals surface area contributed by atoms with Gasteiger partial charge in [0.2, 0.25) is 0 Å². The highest BCUT2D eigenvalue weighted by Gasteiger charge is 2.37. The number of benzene rings is 1. The van der Waals surface area contributed by atoms with E-state index in [1.54, 1.807) is 32.4 Å². The number of methoxy groups -OCH3 is 2. The summed E-state index contributed by atoms with van der Waals surface area (Å²) < 4.78 is 10.6. The third-order valence-corrected chi connectivity index (χ3v) is 3.42. The summed E-state index contributed by atoms with van der Waals surface area (Å²) in [5, 5.41) is 11.0. The number of rotatable bonds is 5. The van der Waals surface area contributed by atoms with Crippen LogP contribution in [-0.4, -0.2) is 25.4 Å². The zero-order chi connectivity index (χ0) is 12.4. The van der Waals surface area contributed by atoms with Gasteiger partial charge < -0.3 is 14.6 Å². The third kappa shape index (κ3) is 2.73. The lowest BCUT2D eigenvalue weighted by atomic mass is 10.00. The van der Waals surface area contributed by atoms with Crippen molar-refractivity contribution in [3.05, 3.63) is 28.8 Å². The summed E-state index contributed by atoms with van der Waals surface area (Å²) >= 11 is 5.95. The maximum Gasteiger partial charge on any atom is 0.124 e. The van der Waals surface area contributed by atoms with Crippen molar-refractivity contribution in [3.63, 3.8) is 0 Å². The van der Waals surface area contributed by atoms with E-state index in [0.29, 0.717) is 22.3 Å². The van der Waals surface area contributed by atoms with E-state index in [0.717, 1.165) is 12.8 Å². The van der Waals surface area contributed by atoms with Crippen molar-refractivity contribution in [1.82, 2.24) is 0 Å². The molecule has 1 saturated carbocycles. The van der Waals surface area contributed by atoms with E-state index in [1.165, 1.54) is 0 Å². The second-order valence-corrected chi connectivity index (χ2v) is 4.81. The highest BCUT2D eigenvalue weighted by Crippen LogP contribution is 2.42. The van der Waals surface area contributed by atoms with E-state index in [1.807, 2.05) is 0 Å². The first-order valence-electron chi connectivity index (χ1n) is 5.71. The van der Waals surface area contributed by atoms with Crippen LogP contribution in [0.5, 0.6) is 5.75 Å². The van der Waals surface area contributed by atoms with Crippen LogP contribution in [0.15, 0.2) is 18.2 Å². The first kappa shape index (κ1) is 12.7. The van der Waals surface area contributed by atoms with Gasteiger partial charge in [0.05, 0.1) is 13.2 Å². The van der Waals surface area contributed by atoms with E-state index in [9.17, 15) is 5.11 Å². The summed E-state index contributed by atoms with van der Waals surface area (Å²) in [5.41, 5.74) is 0.693. The van der Waals surface area contributed by atoms with Gasteiger partial charge >= 0.3 is 0 Å². The van der Waals surface area contributed by atoms with Gasteiger partial charge in [0, 0.05) is 17.7 Å². The molecule has 1 aliphatic rings. The maximum absolute atomic E-state index is 10.4. The van der Waals surface area contributed by atoms with Crippen LogP contribution in [0.25, 0.3) is 0 Å². The molecule has 2 rings (SSSR count). The highest BCUT2D eigenvalue weighted by molar-refractivity contribution is 6.30. The molecule has 0 radical (unpaired) electrons. The molecule has 1 aliphatic carbocycles. The largest absolute Gasteiger partial charge is 0.496 e. The standard InChI is InChI=1S/C13H17ClO3/c1-16-11-6-5-9(14)7-10(11)12(15)13(17-2)8-3-4-8/h5-8,12-13,15H,3-4H2,1-2H3. The first-order valence-corrected chi connectivity index (χ1v) is 6.09. The predicted molar refractivity (Wildman–Crippen MR) is 66.5 cm³/mol. The van der Waals surface area contributed by atoms with Crippen LogP contribution in [0, 0.1) is 5.92 Å². The second-order valence-electron chi connectivity index (χ2n) is 4.37. The molecule has 1 fully saturated rings. The number of aliphatic hydroxyl groups is 1. The molecule has 94 valence electrons. The van der Waals surface area contributed by atoms with Crippen molar-refractivity contribution >= 4 is 11.6 Å². The van der Waals surface area contributed by atoms with Crippen molar-refractivity contribution < 1.29 is 14.6 Å². The van der Waals surface area contributed by atoms with E-state index in [4.69, 9.17) is 21.1 Å². The van der Waals surface area contributed by atoms with Gasteiger partial charge in [-0.15, -0.1) is 0 Å². The minimum atomic E-state index is -0.693. The fraction of sp³-hybridized carbons (Fsp3) is 0.538. The van der Waals surface area contributed by atoms with Crippen molar-refractivity contribution in [2.75, 3.05) is 14.2 Å². The molecule has 1 aromatic carbocycles. The summed E-state index contributed by atoms with van der Waals surface area (Å²) in [6.07, 6.45) is 1.35. The average molecular weight is 257 g/mol. The van der Waals surface area contributed by atoms with Crippen LogP contribution in [0.4, 0.5) is 0 Å². The summed E-state index contributed by atoms with van der Waals surface area (Å²) in [5.74, 6) is 1.09. The van der Waals surface area contributed by atoms with Crippen LogP contribution in [0.3, 0.4) is 0 Å². The lowest BCUT2D eigenvalue weighted by Crippen LogP contribution is -2.23. The minimum absolute atomic E-state index is 0.178. The summed E-state index contributed by atoms with van der Waals surface area (Å²) in [4.78, 5) is 0. The molecule has 0 heterocycles. The average Bonchev–Trinajstić information content (AvgIpc) is 3.14. The number of aliphatic hydroxyl groups excluding tert-OH is 1. The molecule has 3 nitrogen and oxygen atoms in total. The predicted octanol–water partition coefficient (Wildman–Crippen LogP) is 2.81. The molecule has 17 heavy (non-hydrogen) atoms. The van der Waals surface area contributed by atoms with Gasteiger partial charge in [-0.05, 0) is 37.0 Å². The molecule has 2 atom stereocenters. The van der Waals surface area contributed by atoms with Crippen molar-refractivity contribution in [2.24, 2.45) is 5.92 Å². The number of hydrogen-bond donors (Lipinski definition) is 1. The third-order valence-electron chi connectivity index (χ3n) is 3.18. The van der Waals surface area contributed by atoms with Gasteiger partial charge in [0.1, 0.15) is 11.9 Å². The van der Waals surface area contributed by atoms with Crippen molar-refractivity contribution in [2.45, 2.75) is 25.0 Å². The zero-order valence-electron chi connectivity index (χ0n) is 10.0. The molecule has 1 N–H and O–H groups in total. The Hall–Kier alpha value is -0.770. The Bertz CT molecular complexity index is 390. The van der Waals surface area contributed by atoms with E-state index in [-0.39, 0.29) is 6.10 Å². The van der Waals surface area contributed by atoms with Crippen LogP contribution in [0.2, 0.25) is 5.02 Å². The SMILES string of the molecule is COc1ccc(Cl)cc1C(O)C(OC)C1CC1. The summed E-state index contributed by atoms with van der Waals surface area (Å²) in [7, 11) is 3.21. The van der Waals surface area contributed by atoms with E-state index < -0.39 is 6.10 Å². The number of ether oxygens (including phenoxy) is 2. The molecule has 0 aliphatic heterocycles. The lowest BCUT2D eigenvalue weighted by molar-refractivity contribution is -0.0268. The Kier molecular flexibility index (Phi) is 3.92. The molecule has 4 heteroatoms. The molecule has 2 unspecified atom stereocenters. The molecule has 0 amide bonds. The van der Waals surface area contributed by atoms with Gasteiger partial charge in [-0.25, -0.2) is 0 Å². The maximum atomic E-state index is 10.4. The highest BCUT2D eigenvalue weighted by atomic mass is 35.5. The van der Waals surface area contributed by atoms with Gasteiger partial charge in [-0.3, -0.25) is 0 Å². The quantitative estimate of drug-likeness (QED) is 0.881. The molecule has 0 bridgehead atoms. The Morgan fingerprint density at radius 3 is 2.59 bits per heavy atom. The smallest absolute Gasteiger partial charge is 0.124 e. The summed E-state index contributed by atoms with van der Waals surface area (Å²) in [6, 6.07) is 5.25. The molecule has 0 spiro atoms. The van der Waals surface area contributed by atoms with E-state index in [2.05, 4.69) is 0 Å².